The molecule has 0 bridgehead atoms. The quantitative estimate of drug-likeness (QED) is 0.876. The summed E-state index contributed by atoms with van der Waals surface area (Å²) in [5.74, 6) is 1.64. The fourth-order valence-electron chi connectivity index (χ4n) is 1.92. The van der Waals surface area contributed by atoms with Crippen molar-refractivity contribution in [1.82, 2.24) is 0 Å². The SMILES string of the molecule is CCC(C)(C)C(N)c1ccc2c(c1)OCCO2. The summed E-state index contributed by atoms with van der Waals surface area (Å²) in [5, 5.41) is 0. The molecule has 94 valence electrons. The lowest BCUT2D eigenvalue weighted by Gasteiger charge is -2.31. The number of nitrogens with two attached hydrogens (primary N) is 1. The van der Waals surface area contributed by atoms with E-state index in [1.54, 1.807) is 0 Å². The molecule has 0 fully saturated rings. The van der Waals surface area contributed by atoms with Gasteiger partial charge in [0.25, 0.3) is 0 Å². The first kappa shape index (κ1) is 12.2. The van der Waals surface area contributed by atoms with E-state index in [1.807, 2.05) is 18.2 Å². The first-order valence-corrected chi connectivity index (χ1v) is 6.19. The second-order valence-electron chi connectivity index (χ2n) is 5.22. The van der Waals surface area contributed by atoms with Crippen molar-refractivity contribution in [2.45, 2.75) is 33.2 Å². The van der Waals surface area contributed by atoms with Crippen LogP contribution in [0.15, 0.2) is 18.2 Å². The summed E-state index contributed by atoms with van der Waals surface area (Å²) in [6, 6.07) is 6.02. The van der Waals surface area contributed by atoms with Gasteiger partial charge in [0.05, 0.1) is 0 Å². The molecule has 1 heterocycles. The summed E-state index contributed by atoms with van der Waals surface area (Å²) in [6.07, 6.45) is 1.04. The first-order chi connectivity index (χ1) is 8.04. The van der Waals surface area contributed by atoms with Crippen molar-refractivity contribution in [3.05, 3.63) is 23.8 Å². The zero-order valence-electron chi connectivity index (χ0n) is 10.8. The molecule has 3 nitrogen and oxygen atoms in total. The van der Waals surface area contributed by atoms with E-state index in [2.05, 4.69) is 20.8 Å². The van der Waals surface area contributed by atoms with Crippen LogP contribution in [0.3, 0.4) is 0 Å². The average Bonchev–Trinajstić information content (AvgIpc) is 2.37. The van der Waals surface area contributed by atoms with Gasteiger partial charge < -0.3 is 15.2 Å². The predicted octanol–water partition coefficient (Wildman–Crippen LogP) is 2.89. The minimum Gasteiger partial charge on any atom is -0.486 e. The van der Waals surface area contributed by atoms with Crippen LogP contribution in [0.2, 0.25) is 0 Å². The normalized spacial score (nSPS) is 16.7. The van der Waals surface area contributed by atoms with Crippen LogP contribution in [0, 0.1) is 5.41 Å². The molecule has 0 aromatic heterocycles. The topological polar surface area (TPSA) is 44.5 Å². The van der Waals surface area contributed by atoms with Gasteiger partial charge >= 0.3 is 0 Å². The van der Waals surface area contributed by atoms with Crippen LogP contribution in [-0.2, 0) is 0 Å². The Kier molecular flexibility index (Phi) is 3.29. The van der Waals surface area contributed by atoms with E-state index in [4.69, 9.17) is 15.2 Å². The molecule has 2 rings (SSSR count). The average molecular weight is 235 g/mol. The van der Waals surface area contributed by atoms with Crippen LogP contribution >= 0.6 is 0 Å². The van der Waals surface area contributed by atoms with Gasteiger partial charge in [-0.1, -0.05) is 26.8 Å². The van der Waals surface area contributed by atoms with Crippen molar-refractivity contribution < 1.29 is 9.47 Å². The van der Waals surface area contributed by atoms with E-state index in [1.165, 1.54) is 0 Å². The van der Waals surface area contributed by atoms with Gasteiger partial charge in [-0.05, 0) is 29.5 Å². The Bertz CT molecular complexity index is 401. The third-order valence-corrected chi connectivity index (χ3v) is 3.68. The zero-order chi connectivity index (χ0) is 12.5. The summed E-state index contributed by atoms with van der Waals surface area (Å²) in [7, 11) is 0. The summed E-state index contributed by atoms with van der Waals surface area (Å²) >= 11 is 0. The number of benzene rings is 1. The third kappa shape index (κ3) is 2.39. The maximum atomic E-state index is 6.32. The fourth-order valence-corrected chi connectivity index (χ4v) is 1.92. The van der Waals surface area contributed by atoms with Crippen LogP contribution in [-0.4, -0.2) is 13.2 Å². The molecule has 1 aliphatic heterocycles. The maximum Gasteiger partial charge on any atom is 0.161 e. The van der Waals surface area contributed by atoms with Crippen LogP contribution in [0.1, 0.15) is 38.8 Å². The number of fused-ring (bicyclic) bond motifs is 1. The second kappa shape index (κ2) is 4.57. The van der Waals surface area contributed by atoms with Crippen molar-refractivity contribution >= 4 is 0 Å². The lowest BCUT2D eigenvalue weighted by molar-refractivity contribution is 0.171. The molecular formula is C14H21NO2. The summed E-state index contributed by atoms with van der Waals surface area (Å²) in [4.78, 5) is 0. The summed E-state index contributed by atoms with van der Waals surface area (Å²) in [6.45, 7) is 7.78. The van der Waals surface area contributed by atoms with Crippen LogP contribution in [0.4, 0.5) is 0 Å². The predicted molar refractivity (Wildman–Crippen MR) is 68.4 cm³/mol. The minimum absolute atomic E-state index is 0.0170. The van der Waals surface area contributed by atoms with Gasteiger partial charge in [0, 0.05) is 6.04 Å². The number of rotatable bonds is 3. The molecule has 0 amide bonds. The second-order valence-corrected chi connectivity index (χ2v) is 5.22. The van der Waals surface area contributed by atoms with E-state index in [-0.39, 0.29) is 11.5 Å². The molecule has 17 heavy (non-hydrogen) atoms. The van der Waals surface area contributed by atoms with Gasteiger partial charge in [-0.15, -0.1) is 0 Å². The Balaban J connectivity index is 2.28. The van der Waals surface area contributed by atoms with Gasteiger partial charge in [0.1, 0.15) is 13.2 Å². The number of hydrogen-bond donors (Lipinski definition) is 1. The Labute approximate surface area is 103 Å². The Morgan fingerprint density at radius 2 is 1.88 bits per heavy atom. The molecule has 0 radical (unpaired) electrons. The van der Waals surface area contributed by atoms with Crippen molar-refractivity contribution in [3.8, 4) is 11.5 Å². The van der Waals surface area contributed by atoms with Crippen molar-refractivity contribution in [2.75, 3.05) is 13.2 Å². The molecule has 0 spiro atoms. The molecule has 1 aromatic carbocycles. The Morgan fingerprint density at radius 3 is 2.53 bits per heavy atom. The monoisotopic (exact) mass is 235 g/mol. The van der Waals surface area contributed by atoms with Gasteiger partial charge in [-0.3, -0.25) is 0 Å². The Hall–Kier alpha value is -1.22. The molecule has 1 aromatic rings. The van der Waals surface area contributed by atoms with Crippen molar-refractivity contribution in [3.63, 3.8) is 0 Å². The highest BCUT2D eigenvalue weighted by molar-refractivity contribution is 5.44. The van der Waals surface area contributed by atoms with Gasteiger partial charge in [0.2, 0.25) is 0 Å². The fraction of sp³-hybridized carbons (Fsp3) is 0.571. The third-order valence-electron chi connectivity index (χ3n) is 3.68. The van der Waals surface area contributed by atoms with Crippen molar-refractivity contribution in [2.24, 2.45) is 11.1 Å². The molecule has 1 aliphatic rings. The van der Waals surface area contributed by atoms with E-state index >= 15 is 0 Å². The lowest BCUT2D eigenvalue weighted by Crippen LogP contribution is -2.28. The van der Waals surface area contributed by atoms with Gasteiger partial charge in [-0.2, -0.15) is 0 Å². The van der Waals surface area contributed by atoms with Crippen LogP contribution < -0.4 is 15.2 Å². The zero-order valence-corrected chi connectivity index (χ0v) is 10.8. The van der Waals surface area contributed by atoms with E-state index in [9.17, 15) is 0 Å². The van der Waals surface area contributed by atoms with Crippen LogP contribution in [0.25, 0.3) is 0 Å². The largest absolute Gasteiger partial charge is 0.486 e. The minimum atomic E-state index is 0.0170. The summed E-state index contributed by atoms with van der Waals surface area (Å²) in [5.41, 5.74) is 7.52. The molecule has 0 aliphatic carbocycles. The van der Waals surface area contributed by atoms with Gasteiger partial charge in [-0.25, -0.2) is 0 Å². The summed E-state index contributed by atoms with van der Waals surface area (Å²) < 4.78 is 11.1. The van der Waals surface area contributed by atoms with Gasteiger partial charge in [0.15, 0.2) is 11.5 Å². The van der Waals surface area contributed by atoms with Crippen LogP contribution in [0.5, 0.6) is 11.5 Å². The molecule has 0 saturated carbocycles. The highest BCUT2D eigenvalue weighted by atomic mass is 16.6. The lowest BCUT2D eigenvalue weighted by atomic mass is 9.79. The molecule has 3 heteroatoms. The maximum absolute atomic E-state index is 6.32. The molecule has 0 saturated heterocycles. The van der Waals surface area contributed by atoms with Crippen molar-refractivity contribution in [1.29, 1.82) is 0 Å². The van der Waals surface area contributed by atoms with E-state index in [0.29, 0.717) is 13.2 Å². The molecular weight excluding hydrogens is 214 g/mol. The molecule has 1 unspecified atom stereocenters. The number of ether oxygens (including phenoxy) is 2. The smallest absolute Gasteiger partial charge is 0.161 e. The Morgan fingerprint density at radius 1 is 1.24 bits per heavy atom. The van der Waals surface area contributed by atoms with E-state index in [0.717, 1.165) is 23.5 Å². The van der Waals surface area contributed by atoms with E-state index < -0.39 is 0 Å². The highest BCUT2D eigenvalue weighted by Gasteiger charge is 2.26. The molecule has 2 N–H and O–H groups in total. The highest BCUT2D eigenvalue weighted by Crippen LogP contribution is 2.38. The molecule has 1 atom stereocenters. The number of hydrogen-bond acceptors (Lipinski definition) is 3. The standard InChI is InChI=1S/C14H21NO2/c1-4-14(2,3)13(15)10-5-6-11-12(9-10)17-8-7-16-11/h5-6,9,13H,4,7-8,15H2,1-3H3. The first-order valence-electron chi connectivity index (χ1n) is 6.19.